The van der Waals surface area contributed by atoms with E-state index in [1.807, 2.05) is 0 Å². The van der Waals surface area contributed by atoms with Gasteiger partial charge in [0.05, 0.1) is 0 Å². The average molecular weight is 255 g/mol. The van der Waals surface area contributed by atoms with Crippen molar-refractivity contribution in [2.24, 2.45) is 0 Å². The van der Waals surface area contributed by atoms with Gasteiger partial charge >= 0.3 is 6.36 Å². The highest BCUT2D eigenvalue weighted by Gasteiger charge is 2.31. The molecule has 2 aromatic rings. The Labute approximate surface area is 102 Å². The van der Waals surface area contributed by atoms with E-state index >= 15 is 0 Å². The number of hydrogen-bond acceptors (Lipinski definition) is 2. The normalized spacial score (nSPS) is 11.5. The van der Waals surface area contributed by atoms with Crippen molar-refractivity contribution in [3.05, 3.63) is 48.3 Å². The summed E-state index contributed by atoms with van der Waals surface area (Å²) in [5.74, 6) is -0.211. The van der Waals surface area contributed by atoms with Gasteiger partial charge in [-0.05, 0) is 30.2 Å². The fourth-order valence-corrected chi connectivity index (χ4v) is 1.54. The van der Waals surface area contributed by atoms with E-state index in [1.54, 1.807) is 35.3 Å². The second-order valence-corrected chi connectivity index (χ2v) is 3.60. The minimum Gasteiger partial charge on any atom is -0.405 e. The maximum Gasteiger partial charge on any atom is 0.573 e. The quantitative estimate of drug-likeness (QED) is 0.840. The predicted molar refractivity (Wildman–Crippen MR) is 57.9 cm³/mol. The molecule has 6 heteroatoms. The van der Waals surface area contributed by atoms with E-state index in [0.717, 1.165) is 0 Å². The number of alkyl halides is 3. The van der Waals surface area contributed by atoms with Crippen LogP contribution >= 0.6 is 0 Å². The van der Waals surface area contributed by atoms with Crippen LogP contribution in [0.5, 0.6) is 5.75 Å². The summed E-state index contributed by atoms with van der Waals surface area (Å²) in [6.07, 6.45) is -0.914. The Bertz CT molecular complexity index is 494. The summed E-state index contributed by atoms with van der Waals surface area (Å²) in [7, 11) is 0. The molecule has 0 bridgehead atoms. The Balaban J connectivity index is 2.07. The Morgan fingerprint density at radius 3 is 2.89 bits per heavy atom. The number of rotatable bonds is 4. The van der Waals surface area contributed by atoms with E-state index in [4.69, 9.17) is 0 Å². The van der Waals surface area contributed by atoms with Crippen molar-refractivity contribution in [3.63, 3.8) is 0 Å². The first-order chi connectivity index (χ1) is 8.54. The standard InChI is InChI=1S/C12H10F3N2O/c13-12(14,15)18-11-5-2-1-4-10(11)6-9-17-8-3-7-16-17/h1,3-5,7-8H,6,9H2. The maximum atomic E-state index is 12.2. The number of halogens is 3. The Morgan fingerprint density at radius 2 is 2.22 bits per heavy atom. The van der Waals surface area contributed by atoms with Gasteiger partial charge < -0.3 is 4.74 Å². The summed E-state index contributed by atoms with van der Waals surface area (Å²) in [6.45, 7) is 0.491. The van der Waals surface area contributed by atoms with Gasteiger partial charge in [-0.1, -0.05) is 12.1 Å². The molecule has 1 aromatic carbocycles. The molecule has 0 atom stereocenters. The SMILES string of the molecule is FC(F)(F)Oc1c[c]ccc1CCn1cccn1. The molecule has 0 fully saturated rings. The molecule has 3 nitrogen and oxygen atoms in total. The zero-order valence-electron chi connectivity index (χ0n) is 9.31. The lowest BCUT2D eigenvalue weighted by Crippen LogP contribution is -2.18. The lowest BCUT2D eigenvalue weighted by atomic mass is 10.1. The van der Waals surface area contributed by atoms with Gasteiger partial charge in [0.15, 0.2) is 0 Å². The molecule has 0 unspecified atom stereocenters. The smallest absolute Gasteiger partial charge is 0.405 e. The van der Waals surface area contributed by atoms with E-state index in [2.05, 4.69) is 15.9 Å². The van der Waals surface area contributed by atoms with E-state index in [0.29, 0.717) is 18.5 Å². The minimum absolute atomic E-state index is 0.211. The predicted octanol–water partition coefficient (Wildman–Crippen LogP) is 2.82. The van der Waals surface area contributed by atoms with Crippen LogP contribution in [-0.2, 0) is 13.0 Å². The topological polar surface area (TPSA) is 27.1 Å². The molecule has 0 aliphatic heterocycles. The number of hydrogen-bond donors (Lipinski definition) is 0. The number of aromatic nitrogens is 2. The summed E-state index contributed by atoms with van der Waals surface area (Å²) < 4.78 is 42.1. The highest BCUT2D eigenvalue weighted by atomic mass is 19.4. The van der Waals surface area contributed by atoms with Crippen molar-refractivity contribution in [3.8, 4) is 5.75 Å². The summed E-state index contributed by atoms with van der Waals surface area (Å²) in [5.41, 5.74) is 0.474. The minimum atomic E-state index is -4.68. The van der Waals surface area contributed by atoms with Crippen LogP contribution in [0, 0.1) is 6.07 Å². The second kappa shape index (κ2) is 5.12. The zero-order chi connectivity index (χ0) is 13.0. The summed E-state index contributed by atoms with van der Waals surface area (Å²) in [6, 6.07) is 8.63. The van der Waals surface area contributed by atoms with Gasteiger partial charge in [-0.2, -0.15) is 5.10 Å². The van der Waals surface area contributed by atoms with Crippen molar-refractivity contribution >= 4 is 0 Å². The summed E-state index contributed by atoms with van der Waals surface area (Å²) >= 11 is 0. The van der Waals surface area contributed by atoms with Crippen LogP contribution in [0.1, 0.15) is 5.56 Å². The number of aryl methyl sites for hydroxylation is 2. The number of nitrogens with zero attached hydrogens (tertiary/aromatic N) is 2. The first-order valence-corrected chi connectivity index (χ1v) is 5.27. The van der Waals surface area contributed by atoms with Crippen LogP contribution < -0.4 is 4.74 Å². The van der Waals surface area contributed by atoms with E-state index in [1.165, 1.54) is 6.07 Å². The molecular weight excluding hydrogens is 245 g/mol. The Morgan fingerprint density at radius 1 is 1.39 bits per heavy atom. The molecule has 0 spiro atoms. The van der Waals surface area contributed by atoms with Crippen molar-refractivity contribution < 1.29 is 17.9 Å². The molecule has 1 heterocycles. The van der Waals surface area contributed by atoms with E-state index in [9.17, 15) is 13.2 Å². The van der Waals surface area contributed by atoms with Crippen molar-refractivity contribution in [1.82, 2.24) is 9.78 Å². The van der Waals surface area contributed by atoms with E-state index in [-0.39, 0.29) is 5.75 Å². The Kier molecular flexibility index (Phi) is 3.55. The van der Waals surface area contributed by atoms with Crippen LogP contribution in [-0.4, -0.2) is 16.1 Å². The fourth-order valence-electron chi connectivity index (χ4n) is 1.54. The molecule has 1 radical (unpaired) electrons. The number of benzene rings is 1. The molecule has 0 saturated carbocycles. The third kappa shape index (κ3) is 3.51. The van der Waals surface area contributed by atoms with Crippen molar-refractivity contribution in [1.29, 1.82) is 0 Å². The highest BCUT2D eigenvalue weighted by Crippen LogP contribution is 2.26. The highest BCUT2D eigenvalue weighted by molar-refractivity contribution is 5.32. The van der Waals surface area contributed by atoms with Gasteiger partial charge in [-0.15, -0.1) is 13.2 Å². The van der Waals surface area contributed by atoms with Crippen LogP contribution in [0.4, 0.5) is 13.2 Å². The van der Waals surface area contributed by atoms with Gasteiger partial charge in [0.1, 0.15) is 5.75 Å². The maximum absolute atomic E-state index is 12.2. The first kappa shape index (κ1) is 12.5. The summed E-state index contributed by atoms with van der Waals surface area (Å²) in [4.78, 5) is 0. The molecule has 0 aliphatic rings. The molecule has 0 saturated heterocycles. The molecule has 0 N–H and O–H groups in total. The average Bonchev–Trinajstić information content (AvgIpc) is 2.79. The van der Waals surface area contributed by atoms with Crippen LogP contribution in [0.3, 0.4) is 0 Å². The summed E-state index contributed by atoms with van der Waals surface area (Å²) in [5, 5.41) is 3.98. The largest absolute Gasteiger partial charge is 0.573 e. The third-order valence-corrected chi connectivity index (χ3v) is 2.31. The molecule has 18 heavy (non-hydrogen) atoms. The van der Waals surface area contributed by atoms with Crippen LogP contribution in [0.15, 0.2) is 36.7 Å². The first-order valence-electron chi connectivity index (χ1n) is 5.27. The third-order valence-electron chi connectivity index (χ3n) is 2.31. The monoisotopic (exact) mass is 255 g/mol. The van der Waals surface area contributed by atoms with E-state index < -0.39 is 6.36 Å². The van der Waals surface area contributed by atoms with Gasteiger partial charge in [0.2, 0.25) is 0 Å². The molecule has 2 rings (SSSR count). The molecule has 0 aliphatic carbocycles. The molecule has 1 aromatic heterocycles. The number of ether oxygens (including phenoxy) is 1. The van der Waals surface area contributed by atoms with Crippen molar-refractivity contribution in [2.75, 3.05) is 0 Å². The van der Waals surface area contributed by atoms with Gasteiger partial charge in [0.25, 0.3) is 0 Å². The fraction of sp³-hybridized carbons (Fsp3) is 0.250. The van der Waals surface area contributed by atoms with Gasteiger partial charge in [-0.25, -0.2) is 0 Å². The van der Waals surface area contributed by atoms with Crippen molar-refractivity contribution in [2.45, 2.75) is 19.3 Å². The van der Waals surface area contributed by atoms with Crippen LogP contribution in [0.25, 0.3) is 0 Å². The molecule has 95 valence electrons. The van der Waals surface area contributed by atoms with Crippen LogP contribution in [0.2, 0.25) is 0 Å². The molecular formula is C12H10F3N2O. The second-order valence-electron chi connectivity index (χ2n) is 3.60. The lowest BCUT2D eigenvalue weighted by molar-refractivity contribution is -0.274. The lowest BCUT2D eigenvalue weighted by Gasteiger charge is -2.12. The van der Waals surface area contributed by atoms with Gasteiger partial charge in [-0.3, -0.25) is 4.68 Å². The zero-order valence-corrected chi connectivity index (χ0v) is 9.31. The molecule has 0 amide bonds. The van der Waals surface area contributed by atoms with Gasteiger partial charge in [0, 0.05) is 18.9 Å². The Hall–Kier alpha value is -1.98.